The molecule has 1 unspecified atom stereocenters. The van der Waals surface area contributed by atoms with Crippen molar-refractivity contribution in [3.63, 3.8) is 0 Å². The van der Waals surface area contributed by atoms with Crippen LogP contribution in [0.5, 0.6) is 0 Å². The van der Waals surface area contributed by atoms with E-state index in [4.69, 9.17) is 4.74 Å². The van der Waals surface area contributed by atoms with Gasteiger partial charge >= 0.3 is 12.1 Å². The van der Waals surface area contributed by atoms with E-state index in [1.165, 1.54) is 0 Å². The number of rotatable bonds is 8. The fraction of sp³-hybridized carbons (Fsp3) is 0.882. The molecule has 1 saturated heterocycles. The van der Waals surface area contributed by atoms with Crippen molar-refractivity contribution in [3.8, 4) is 0 Å². The molecule has 1 fully saturated rings. The molecular weight excluding hydrogens is 296 g/mol. The zero-order valence-electron chi connectivity index (χ0n) is 14.9. The number of unbranched alkanes of at least 4 members (excludes halogenated alkanes) is 3. The van der Waals surface area contributed by atoms with Crippen LogP contribution >= 0.6 is 0 Å². The Morgan fingerprint density at radius 2 is 2.00 bits per heavy atom. The van der Waals surface area contributed by atoms with E-state index in [1.54, 1.807) is 0 Å². The van der Waals surface area contributed by atoms with Crippen molar-refractivity contribution < 1.29 is 19.4 Å². The highest BCUT2D eigenvalue weighted by Gasteiger charge is 2.33. The molecule has 2 atom stereocenters. The maximum absolute atomic E-state index is 11.8. The van der Waals surface area contributed by atoms with Crippen LogP contribution in [0, 0.1) is 0 Å². The molecule has 0 aromatic heterocycles. The minimum absolute atomic E-state index is 0.0395. The van der Waals surface area contributed by atoms with Crippen molar-refractivity contribution in [1.82, 2.24) is 10.2 Å². The Morgan fingerprint density at radius 3 is 2.57 bits per heavy atom. The second kappa shape index (κ2) is 9.11. The molecule has 0 bridgehead atoms. The molecular formula is C17H32N2O4. The van der Waals surface area contributed by atoms with Gasteiger partial charge in [0.15, 0.2) is 0 Å². The third-order valence-corrected chi connectivity index (χ3v) is 4.00. The van der Waals surface area contributed by atoms with Crippen LogP contribution in [-0.4, -0.2) is 52.8 Å². The normalized spacial score (nSPS) is 20.3. The first kappa shape index (κ1) is 19.7. The van der Waals surface area contributed by atoms with E-state index in [0.29, 0.717) is 19.5 Å². The van der Waals surface area contributed by atoms with Crippen LogP contribution < -0.4 is 5.32 Å². The number of alkyl carbamates (subject to hydrolysis) is 1. The van der Waals surface area contributed by atoms with Crippen LogP contribution in [0.1, 0.15) is 66.2 Å². The lowest BCUT2D eigenvalue weighted by molar-refractivity contribution is -0.143. The van der Waals surface area contributed by atoms with Gasteiger partial charge in [-0.25, -0.2) is 4.79 Å². The van der Waals surface area contributed by atoms with Crippen molar-refractivity contribution in [2.45, 2.75) is 83.9 Å². The van der Waals surface area contributed by atoms with Crippen molar-refractivity contribution in [3.05, 3.63) is 0 Å². The minimum Gasteiger partial charge on any atom is -0.480 e. The van der Waals surface area contributed by atoms with Gasteiger partial charge in [0, 0.05) is 19.1 Å². The molecule has 134 valence electrons. The summed E-state index contributed by atoms with van der Waals surface area (Å²) in [6.45, 7) is 8.89. The number of carboxylic acid groups (broad SMARTS) is 1. The van der Waals surface area contributed by atoms with Gasteiger partial charge in [-0.1, -0.05) is 32.6 Å². The van der Waals surface area contributed by atoms with Gasteiger partial charge in [0.2, 0.25) is 0 Å². The van der Waals surface area contributed by atoms with Crippen molar-refractivity contribution in [2.24, 2.45) is 0 Å². The van der Waals surface area contributed by atoms with E-state index in [1.807, 2.05) is 25.7 Å². The summed E-state index contributed by atoms with van der Waals surface area (Å²) in [5, 5.41) is 12.3. The molecule has 0 saturated carbocycles. The van der Waals surface area contributed by atoms with Crippen LogP contribution in [0.2, 0.25) is 0 Å². The molecule has 1 rings (SSSR count). The number of hydrogen-bond acceptors (Lipinski definition) is 4. The van der Waals surface area contributed by atoms with E-state index in [9.17, 15) is 14.7 Å². The average Bonchev–Trinajstić information content (AvgIpc) is 2.84. The molecule has 0 aromatic rings. The Hall–Kier alpha value is -1.30. The summed E-state index contributed by atoms with van der Waals surface area (Å²) >= 11 is 0. The number of nitrogens with zero attached hydrogens (tertiary/aromatic N) is 1. The number of aliphatic carboxylic acids is 1. The number of carbonyl (C=O) groups is 2. The van der Waals surface area contributed by atoms with Gasteiger partial charge in [-0.2, -0.15) is 0 Å². The summed E-state index contributed by atoms with van der Waals surface area (Å²) in [7, 11) is 0. The average molecular weight is 328 g/mol. The molecule has 23 heavy (non-hydrogen) atoms. The Morgan fingerprint density at radius 1 is 1.30 bits per heavy atom. The molecule has 6 nitrogen and oxygen atoms in total. The summed E-state index contributed by atoms with van der Waals surface area (Å²) in [5.41, 5.74) is -0.523. The largest absolute Gasteiger partial charge is 0.480 e. The zero-order valence-corrected chi connectivity index (χ0v) is 14.9. The topological polar surface area (TPSA) is 78.9 Å². The maximum Gasteiger partial charge on any atom is 0.407 e. The van der Waals surface area contributed by atoms with E-state index in [0.717, 1.165) is 32.1 Å². The fourth-order valence-corrected chi connectivity index (χ4v) is 2.89. The summed E-state index contributed by atoms with van der Waals surface area (Å²) in [4.78, 5) is 25.3. The van der Waals surface area contributed by atoms with E-state index in [-0.39, 0.29) is 6.04 Å². The summed E-state index contributed by atoms with van der Waals surface area (Å²) in [5.74, 6) is -0.764. The number of nitrogens with one attached hydrogen (secondary N) is 1. The number of likely N-dealkylation sites (tertiary alicyclic amines) is 1. The smallest absolute Gasteiger partial charge is 0.407 e. The minimum atomic E-state index is -0.764. The highest BCUT2D eigenvalue weighted by Crippen LogP contribution is 2.18. The van der Waals surface area contributed by atoms with Gasteiger partial charge < -0.3 is 15.2 Å². The van der Waals surface area contributed by atoms with E-state index in [2.05, 4.69) is 12.2 Å². The van der Waals surface area contributed by atoms with Gasteiger partial charge in [-0.05, 0) is 33.6 Å². The molecule has 0 aromatic carbocycles. The molecule has 1 amide bonds. The van der Waals surface area contributed by atoms with Gasteiger partial charge in [-0.15, -0.1) is 0 Å². The third-order valence-electron chi connectivity index (χ3n) is 4.00. The molecule has 1 heterocycles. The predicted molar refractivity (Wildman–Crippen MR) is 89.5 cm³/mol. The predicted octanol–water partition coefficient (Wildman–Crippen LogP) is 3.01. The van der Waals surface area contributed by atoms with E-state index >= 15 is 0 Å². The van der Waals surface area contributed by atoms with Crippen LogP contribution in [-0.2, 0) is 9.53 Å². The highest BCUT2D eigenvalue weighted by atomic mass is 16.6. The number of carboxylic acids is 1. The van der Waals surface area contributed by atoms with Crippen LogP contribution in [0.25, 0.3) is 0 Å². The van der Waals surface area contributed by atoms with Crippen LogP contribution in [0.15, 0.2) is 0 Å². The quantitative estimate of drug-likeness (QED) is 0.670. The Labute approximate surface area is 139 Å². The number of amides is 1. The van der Waals surface area contributed by atoms with Gasteiger partial charge in [0.1, 0.15) is 11.6 Å². The second-order valence-corrected chi connectivity index (χ2v) is 7.33. The van der Waals surface area contributed by atoms with Crippen LogP contribution in [0.3, 0.4) is 0 Å². The Kier molecular flexibility index (Phi) is 7.82. The fourth-order valence-electron chi connectivity index (χ4n) is 2.89. The second-order valence-electron chi connectivity index (χ2n) is 7.33. The number of hydrogen-bond donors (Lipinski definition) is 2. The first-order valence-electron chi connectivity index (χ1n) is 8.69. The standard InChI is InChI=1S/C17H32N2O4/c1-5-6-7-8-9-14(15(20)21)19-11-10-13(12-19)18-16(22)23-17(2,3)4/h13-14H,5-12H2,1-4H3,(H,18,22)(H,20,21)/t13-,14?/m0/s1. The van der Waals surface area contributed by atoms with Crippen molar-refractivity contribution in [1.29, 1.82) is 0 Å². The Bertz CT molecular complexity index is 393. The molecule has 0 spiro atoms. The third kappa shape index (κ3) is 7.68. The summed E-state index contributed by atoms with van der Waals surface area (Å²) in [6.07, 6.45) is 5.31. The lowest BCUT2D eigenvalue weighted by Gasteiger charge is -2.25. The molecule has 6 heteroatoms. The van der Waals surface area contributed by atoms with E-state index < -0.39 is 23.7 Å². The summed E-state index contributed by atoms with van der Waals surface area (Å²) < 4.78 is 5.25. The summed E-state index contributed by atoms with van der Waals surface area (Å²) in [6, 6.07) is -0.486. The van der Waals surface area contributed by atoms with Crippen molar-refractivity contribution >= 4 is 12.1 Å². The van der Waals surface area contributed by atoms with Gasteiger partial charge in [-0.3, -0.25) is 9.69 Å². The SMILES string of the molecule is CCCCCCC(C(=O)O)N1CC[C@H](NC(=O)OC(C)(C)C)C1. The van der Waals surface area contributed by atoms with Crippen molar-refractivity contribution in [2.75, 3.05) is 13.1 Å². The monoisotopic (exact) mass is 328 g/mol. The van der Waals surface area contributed by atoms with Crippen LogP contribution in [0.4, 0.5) is 4.79 Å². The number of carbonyl (C=O) groups excluding carboxylic acids is 1. The molecule has 1 aliphatic heterocycles. The molecule has 0 aliphatic carbocycles. The lowest BCUT2D eigenvalue weighted by Crippen LogP contribution is -2.44. The molecule has 0 radical (unpaired) electrons. The molecule has 1 aliphatic rings. The number of ether oxygens (including phenoxy) is 1. The van der Waals surface area contributed by atoms with Gasteiger partial charge in [0.05, 0.1) is 0 Å². The maximum atomic E-state index is 11.8. The first-order valence-corrected chi connectivity index (χ1v) is 8.69. The first-order chi connectivity index (χ1) is 10.7. The highest BCUT2D eigenvalue weighted by molar-refractivity contribution is 5.73. The lowest BCUT2D eigenvalue weighted by atomic mass is 10.1. The zero-order chi connectivity index (χ0) is 17.5. The Balaban J connectivity index is 2.43. The van der Waals surface area contributed by atoms with Gasteiger partial charge in [0.25, 0.3) is 0 Å². The molecule has 2 N–H and O–H groups in total.